The van der Waals surface area contributed by atoms with E-state index in [0.717, 1.165) is 0 Å². The number of nitrogens with one attached hydrogen (secondary N) is 1. The van der Waals surface area contributed by atoms with Gasteiger partial charge < -0.3 is 21.1 Å². The Labute approximate surface area is 122 Å². The first-order chi connectivity index (χ1) is 10.0. The van der Waals surface area contributed by atoms with Crippen LogP contribution >= 0.6 is 0 Å². The lowest BCUT2D eigenvalue weighted by molar-refractivity contribution is -0.149. The first-order valence-corrected chi connectivity index (χ1v) is 7.10. The highest BCUT2D eigenvalue weighted by atomic mass is 19.1. The Morgan fingerprint density at radius 2 is 2.10 bits per heavy atom. The molecule has 1 heterocycles. The highest BCUT2D eigenvalue weighted by Crippen LogP contribution is 2.19. The Morgan fingerprint density at radius 3 is 2.67 bits per heavy atom. The van der Waals surface area contributed by atoms with Gasteiger partial charge in [0.2, 0.25) is 5.91 Å². The average molecular weight is 303 g/mol. The minimum atomic E-state index is -1.21. The van der Waals surface area contributed by atoms with Crippen LogP contribution in [-0.2, 0) is 14.4 Å². The molecule has 0 aromatic carbocycles. The van der Waals surface area contributed by atoms with Crippen molar-refractivity contribution in [3.8, 4) is 0 Å². The van der Waals surface area contributed by atoms with Gasteiger partial charge in [-0.3, -0.25) is 9.59 Å². The number of hydrogen-bond donors (Lipinski definition) is 3. The van der Waals surface area contributed by atoms with Gasteiger partial charge in [-0.2, -0.15) is 0 Å². The topological polar surface area (TPSA) is 113 Å². The molecule has 2 amide bonds. The molecule has 0 radical (unpaired) electrons. The van der Waals surface area contributed by atoms with Gasteiger partial charge in [0.25, 0.3) is 5.91 Å². The summed E-state index contributed by atoms with van der Waals surface area (Å²) in [5, 5.41) is 11.4. The molecule has 0 bridgehead atoms. The molecule has 0 saturated carbocycles. The maximum Gasteiger partial charge on any atom is 0.326 e. The highest BCUT2D eigenvalue weighted by Gasteiger charge is 2.37. The normalized spacial score (nSPS) is 19.3. The molecule has 0 aromatic heterocycles. The van der Waals surface area contributed by atoms with E-state index >= 15 is 0 Å². The molecule has 1 aliphatic rings. The Balaban J connectivity index is 2.72. The molecule has 0 aromatic rings. The SMILES string of the molecule is NCCCC[C@H](NC(=O)CF)C(=O)N1CCC[C@H]1C(=O)O. The number of carbonyl (C=O) groups is 3. The zero-order valence-corrected chi connectivity index (χ0v) is 11.9. The number of alkyl halides is 1. The van der Waals surface area contributed by atoms with Gasteiger partial charge in [0.15, 0.2) is 6.67 Å². The number of unbranched alkanes of at least 4 members (excludes halogenated alkanes) is 1. The van der Waals surface area contributed by atoms with Crippen LogP contribution in [0.2, 0.25) is 0 Å². The van der Waals surface area contributed by atoms with E-state index in [1.54, 1.807) is 0 Å². The molecule has 120 valence electrons. The molecule has 1 rings (SSSR count). The van der Waals surface area contributed by atoms with Crippen LogP contribution in [0.3, 0.4) is 0 Å². The second kappa shape index (κ2) is 8.56. The third kappa shape index (κ3) is 4.96. The number of nitrogens with two attached hydrogens (primary N) is 1. The molecule has 0 unspecified atom stereocenters. The van der Waals surface area contributed by atoms with Crippen molar-refractivity contribution in [2.24, 2.45) is 5.73 Å². The summed E-state index contributed by atoms with van der Waals surface area (Å²) in [6.45, 7) is -0.406. The minimum absolute atomic E-state index is 0.324. The van der Waals surface area contributed by atoms with Gasteiger partial charge in [0, 0.05) is 6.54 Å². The molecule has 2 atom stereocenters. The quantitative estimate of drug-likeness (QED) is 0.530. The standard InChI is InChI=1S/C13H22FN3O4/c14-8-11(18)16-9(4-1-2-6-15)12(19)17-7-3-5-10(17)13(20)21/h9-10H,1-8,15H2,(H,16,18)(H,20,21)/t9-,10-/m0/s1. The van der Waals surface area contributed by atoms with E-state index in [1.165, 1.54) is 4.90 Å². The maximum atomic E-state index is 12.4. The van der Waals surface area contributed by atoms with Crippen LogP contribution in [0.1, 0.15) is 32.1 Å². The summed E-state index contributed by atoms with van der Waals surface area (Å²) in [6.07, 6.45) is 2.61. The van der Waals surface area contributed by atoms with Crippen LogP contribution in [0.25, 0.3) is 0 Å². The van der Waals surface area contributed by atoms with E-state index in [1.807, 2.05) is 0 Å². The molecule has 7 nitrogen and oxygen atoms in total. The summed E-state index contributed by atoms with van der Waals surface area (Å²) in [4.78, 5) is 36.0. The van der Waals surface area contributed by atoms with Gasteiger partial charge in [0.05, 0.1) is 0 Å². The summed E-state index contributed by atoms with van der Waals surface area (Å²) < 4.78 is 12.3. The van der Waals surface area contributed by atoms with Crippen LogP contribution in [0, 0.1) is 0 Å². The number of aliphatic carboxylic acids is 1. The predicted octanol–water partition coefficient (Wildman–Crippen LogP) is -0.355. The first-order valence-electron chi connectivity index (χ1n) is 7.10. The lowest BCUT2D eigenvalue weighted by Gasteiger charge is -2.27. The van der Waals surface area contributed by atoms with Crippen LogP contribution in [0.15, 0.2) is 0 Å². The summed E-state index contributed by atoms with van der Waals surface area (Å²) in [6, 6.07) is -1.75. The molecular weight excluding hydrogens is 281 g/mol. The number of likely N-dealkylation sites (tertiary alicyclic amines) is 1. The van der Waals surface area contributed by atoms with Crippen molar-refractivity contribution in [2.45, 2.75) is 44.2 Å². The fourth-order valence-corrected chi connectivity index (χ4v) is 2.47. The largest absolute Gasteiger partial charge is 0.480 e. The number of halogens is 1. The fourth-order valence-electron chi connectivity index (χ4n) is 2.47. The van der Waals surface area contributed by atoms with Crippen LogP contribution in [0.4, 0.5) is 4.39 Å². The van der Waals surface area contributed by atoms with E-state index in [9.17, 15) is 18.8 Å². The van der Waals surface area contributed by atoms with Gasteiger partial charge in [0.1, 0.15) is 12.1 Å². The van der Waals surface area contributed by atoms with Crippen molar-refractivity contribution < 1.29 is 23.9 Å². The lowest BCUT2D eigenvalue weighted by atomic mass is 10.1. The fraction of sp³-hybridized carbons (Fsp3) is 0.769. The molecule has 0 aliphatic carbocycles. The molecule has 1 fully saturated rings. The van der Waals surface area contributed by atoms with Crippen LogP contribution in [0.5, 0.6) is 0 Å². The number of carboxylic acid groups (broad SMARTS) is 1. The van der Waals surface area contributed by atoms with Crippen LogP contribution < -0.4 is 11.1 Å². The molecule has 4 N–H and O–H groups in total. The van der Waals surface area contributed by atoms with E-state index in [4.69, 9.17) is 10.8 Å². The molecule has 1 saturated heterocycles. The number of amides is 2. The summed E-state index contributed by atoms with van der Waals surface area (Å²) in [5.74, 6) is -2.38. The minimum Gasteiger partial charge on any atom is -0.480 e. The molecule has 21 heavy (non-hydrogen) atoms. The van der Waals surface area contributed by atoms with E-state index in [2.05, 4.69) is 5.32 Å². The van der Waals surface area contributed by atoms with Crippen molar-refractivity contribution >= 4 is 17.8 Å². The third-order valence-electron chi connectivity index (χ3n) is 3.52. The monoisotopic (exact) mass is 303 g/mol. The zero-order chi connectivity index (χ0) is 15.8. The van der Waals surface area contributed by atoms with Gasteiger partial charge in [-0.05, 0) is 38.6 Å². The first kappa shape index (κ1) is 17.4. The van der Waals surface area contributed by atoms with E-state index < -0.39 is 36.5 Å². The Morgan fingerprint density at radius 1 is 1.38 bits per heavy atom. The zero-order valence-electron chi connectivity index (χ0n) is 11.9. The van der Waals surface area contributed by atoms with Crippen molar-refractivity contribution in [1.82, 2.24) is 10.2 Å². The Bertz CT molecular complexity index is 392. The summed E-state index contributed by atoms with van der Waals surface area (Å²) >= 11 is 0. The third-order valence-corrected chi connectivity index (χ3v) is 3.52. The predicted molar refractivity (Wildman–Crippen MR) is 73.2 cm³/mol. The van der Waals surface area contributed by atoms with E-state index in [-0.39, 0.29) is 0 Å². The number of rotatable bonds is 8. The number of carbonyl (C=O) groups excluding carboxylic acids is 2. The van der Waals surface area contributed by atoms with Gasteiger partial charge in [-0.25, -0.2) is 9.18 Å². The number of hydrogen-bond acceptors (Lipinski definition) is 4. The van der Waals surface area contributed by atoms with Crippen molar-refractivity contribution in [3.63, 3.8) is 0 Å². The number of carboxylic acids is 1. The average Bonchev–Trinajstić information content (AvgIpc) is 2.95. The Kier molecular flexibility index (Phi) is 7.07. The number of nitrogens with zero attached hydrogens (tertiary/aromatic N) is 1. The maximum absolute atomic E-state index is 12.4. The second-order valence-electron chi connectivity index (χ2n) is 5.07. The summed E-state index contributed by atoms with van der Waals surface area (Å²) in [7, 11) is 0. The van der Waals surface area contributed by atoms with Crippen molar-refractivity contribution in [3.05, 3.63) is 0 Å². The van der Waals surface area contributed by atoms with Gasteiger partial charge >= 0.3 is 5.97 Å². The van der Waals surface area contributed by atoms with Crippen LogP contribution in [-0.4, -0.2) is 59.6 Å². The highest BCUT2D eigenvalue weighted by molar-refractivity contribution is 5.91. The second-order valence-corrected chi connectivity index (χ2v) is 5.07. The van der Waals surface area contributed by atoms with Gasteiger partial charge in [-0.15, -0.1) is 0 Å². The molecular formula is C13H22FN3O4. The van der Waals surface area contributed by atoms with Crippen molar-refractivity contribution in [2.75, 3.05) is 19.8 Å². The Hall–Kier alpha value is -1.70. The van der Waals surface area contributed by atoms with E-state index in [0.29, 0.717) is 45.2 Å². The lowest BCUT2D eigenvalue weighted by Crippen LogP contribution is -2.52. The van der Waals surface area contributed by atoms with Crippen molar-refractivity contribution in [1.29, 1.82) is 0 Å². The summed E-state index contributed by atoms with van der Waals surface area (Å²) in [5.41, 5.74) is 5.38. The molecule has 8 heteroatoms. The van der Waals surface area contributed by atoms with Gasteiger partial charge in [-0.1, -0.05) is 0 Å². The molecule has 0 spiro atoms. The molecule has 1 aliphatic heterocycles. The smallest absolute Gasteiger partial charge is 0.326 e.